The zero-order valence-corrected chi connectivity index (χ0v) is 11.2. The molecule has 0 aliphatic heterocycles. The van der Waals surface area contributed by atoms with Crippen LogP contribution in [-0.2, 0) is 0 Å². The van der Waals surface area contributed by atoms with Crippen molar-refractivity contribution < 1.29 is 0 Å². The molecule has 1 aliphatic carbocycles. The first-order valence-electron chi connectivity index (χ1n) is 6.90. The third-order valence-corrected chi connectivity index (χ3v) is 4.15. The Morgan fingerprint density at radius 1 is 1.37 bits per heavy atom. The lowest BCUT2D eigenvalue weighted by Crippen LogP contribution is -2.24. The van der Waals surface area contributed by atoms with Crippen LogP contribution in [-0.4, -0.2) is 32.7 Å². The lowest BCUT2D eigenvalue weighted by atomic mass is 9.96. The fourth-order valence-corrected chi connectivity index (χ4v) is 2.99. The minimum absolute atomic E-state index is 0.645. The molecule has 3 N–H and O–H groups in total. The quantitative estimate of drug-likeness (QED) is 0.864. The lowest BCUT2D eigenvalue weighted by molar-refractivity contribution is 0.414. The molecule has 6 heteroatoms. The minimum atomic E-state index is 0.645. The molecule has 2 unspecified atom stereocenters. The first kappa shape index (κ1) is 12.3. The van der Waals surface area contributed by atoms with Gasteiger partial charge in [0, 0.05) is 18.9 Å². The van der Waals surface area contributed by atoms with Crippen LogP contribution in [0, 0.1) is 18.8 Å². The van der Waals surface area contributed by atoms with E-state index in [2.05, 4.69) is 20.5 Å². The van der Waals surface area contributed by atoms with Gasteiger partial charge in [-0.1, -0.05) is 6.42 Å². The summed E-state index contributed by atoms with van der Waals surface area (Å²) >= 11 is 0. The number of nitrogens with zero attached hydrogens (tertiary/aromatic N) is 4. The number of rotatable bonds is 4. The smallest absolute Gasteiger partial charge is 0.203 e. The van der Waals surface area contributed by atoms with Crippen molar-refractivity contribution in [1.29, 1.82) is 0 Å². The van der Waals surface area contributed by atoms with Crippen molar-refractivity contribution in [3.63, 3.8) is 0 Å². The number of nitrogens with one attached hydrogen (secondary N) is 1. The summed E-state index contributed by atoms with van der Waals surface area (Å²) < 4.78 is 1.95. The second-order valence-electron chi connectivity index (χ2n) is 5.28. The molecule has 0 saturated heterocycles. The topological polar surface area (TPSA) is 81.1 Å². The molecule has 0 spiro atoms. The zero-order valence-electron chi connectivity index (χ0n) is 11.2. The van der Waals surface area contributed by atoms with Gasteiger partial charge in [0.05, 0.1) is 0 Å². The lowest BCUT2D eigenvalue weighted by Gasteiger charge is -2.18. The summed E-state index contributed by atoms with van der Waals surface area (Å²) in [5.41, 5.74) is 6.61. The van der Waals surface area contributed by atoms with Crippen LogP contribution in [0.1, 0.15) is 25.1 Å². The summed E-state index contributed by atoms with van der Waals surface area (Å²) in [4.78, 5) is 4.37. The Morgan fingerprint density at radius 3 is 3.05 bits per heavy atom. The second-order valence-corrected chi connectivity index (χ2v) is 5.28. The van der Waals surface area contributed by atoms with Gasteiger partial charge in [-0.3, -0.25) is 4.40 Å². The van der Waals surface area contributed by atoms with E-state index >= 15 is 0 Å². The van der Waals surface area contributed by atoms with E-state index in [-0.39, 0.29) is 0 Å². The Morgan fingerprint density at radius 2 is 2.21 bits per heavy atom. The van der Waals surface area contributed by atoms with Crippen molar-refractivity contribution in [2.24, 2.45) is 17.6 Å². The molecule has 0 radical (unpaired) electrons. The summed E-state index contributed by atoms with van der Waals surface area (Å²) in [7, 11) is 0. The molecule has 0 amide bonds. The maximum Gasteiger partial charge on any atom is 0.203 e. The highest BCUT2D eigenvalue weighted by Gasteiger charge is 2.26. The first-order chi connectivity index (χ1) is 9.29. The van der Waals surface area contributed by atoms with Gasteiger partial charge in [-0.15, -0.1) is 10.2 Å². The zero-order chi connectivity index (χ0) is 13.2. The number of hydrogen-bond donors (Lipinski definition) is 2. The van der Waals surface area contributed by atoms with Gasteiger partial charge in [-0.2, -0.15) is 0 Å². The Hall–Kier alpha value is -1.69. The molecule has 2 aromatic heterocycles. The Balaban J connectivity index is 1.75. The average molecular weight is 260 g/mol. The monoisotopic (exact) mass is 260 g/mol. The van der Waals surface area contributed by atoms with Gasteiger partial charge in [-0.25, -0.2) is 4.98 Å². The third-order valence-electron chi connectivity index (χ3n) is 4.15. The molecule has 1 aliphatic rings. The van der Waals surface area contributed by atoms with E-state index in [9.17, 15) is 0 Å². The van der Waals surface area contributed by atoms with E-state index in [1.807, 2.05) is 17.5 Å². The van der Waals surface area contributed by atoms with Crippen molar-refractivity contribution in [3.8, 4) is 0 Å². The van der Waals surface area contributed by atoms with Crippen molar-refractivity contribution in [2.75, 3.05) is 18.4 Å². The molecule has 2 atom stereocenters. The van der Waals surface area contributed by atoms with Crippen LogP contribution in [0.25, 0.3) is 5.65 Å². The normalized spacial score (nSPS) is 23.1. The summed E-state index contributed by atoms with van der Waals surface area (Å²) in [5.74, 6) is 2.98. The fourth-order valence-electron chi connectivity index (χ4n) is 2.99. The van der Waals surface area contributed by atoms with E-state index in [1.165, 1.54) is 19.3 Å². The highest BCUT2D eigenvalue weighted by Crippen LogP contribution is 2.31. The maximum atomic E-state index is 5.82. The molecule has 0 aromatic carbocycles. The number of hydrogen-bond acceptors (Lipinski definition) is 5. The minimum Gasteiger partial charge on any atom is -0.367 e. The van der Waals surface area contributed by atoms with E-state index in [4.69, 9.17) is 5.73 Å². The van der Waals surface area contributed by atoms with E-state index in [0.29, 0.717) is 11.8 Å². The van der Waals surface area contributed by atoms with E-state index in [0.717, 1.165) is 30.4 Å². The molecular formula is C13H20N6. The van der Waals surface area contributed by atoms with E-state index in [1.54, 1.807) is 6.20 Å². The van der Waals surface area contributed by atoms with Crippen molar-refractivity contribution in [1.82, 2.24) is 19.6 Å². The summed E-state index contributed by atoms with van der Waals surface area (Å²) in [6.45, 7) is 3.64. The summed E-state index contributed by atoms with van der Waals surface area (Å²) in [6, 6.07) is 0. The highest BCUT2D eigenvalue weighted by molar-refractivity contribution is 5.61. The molecule has 2 aromatic rings. The van der Waals surface area contributed by atoms with Gasteiger partial charge in [0.15, 0.2) is 5.82 Å². The maximum absolute atomic E-state index is 5.82. The predicted octanol–water partition coefficient (Wildman–Crippen LogP) is 1.22. The number of nitrogens with two attached hydrogens (primary N) is 1. The molecule has 1 fully saturated rings. The molecule has 0 bridgehead atoms. The largest absolute Gasteiger partial charge is 0.367 e. The van der Waals surface area contributed by atoms with Crippen LogP contribution in [0.15, 0.2) is 12.4 Å². The predicted molar refractivity (Wildman–Crippen MR) is 73.9 cm³/mol. The van der Waals surface area contributed by atoms with Gasteiger partial charge < -0.3 is 11.1 Å². The standard InChI is InChI=1S/C13H20N6/c1-9-17-18-13-12(15-5-6-19(9)13)16-8-11-4-2-3-10(11)7-14/h5-6,10-11H,2-4,7-8,14H2,1H3,(H,15,16). The Bertz CT molecular complexity index is 563. The molecule has 19 heavy (non-hydrogen) atoms. The van der Waals surface area contributed by atoms with Crippen LogP contribution >= 0.6 is 0 Å². The average Bonchev–Trinajstić information content (AvgIpc) is 3.03. The molecule has 1 saturated carbocycles. The summed E-state index contributed by atoms with van der Waals surface area (Å²) in [6.07, 6.45) is 7.46. The van der Waals surface area contributed by atoms with Crippen LogP contribution in [0.4, 0.5) is 5.82 Å². The molecule has 3 rings (SSSR count). The van der Waals surface area contributed by atoms with Crippen LogP contribution in [0.2, 0.25) is 0 Å². The Kier molecular flexibility index (Phi) is 3.33. The number of aromatic nitrogens is 4. The SMILES string of the molecule is Cc1nnc2c(NCC3CCCC3CN)nccn12. The highest BCUT2D eigenvalue weighted by atomic mass is 15.3. The molecule has 6 nitrogen and oxygen atoms in total. The second kappa shape index (κ2) is 5.13. The molecule has 2 heterocycles. The number of aryl methyl sites for hydroxylation is 1. The summed E-state index contributed by atoms with van der Waals surface area (Å²) in [5, 5.41) is 11.7. The van der Waals surface area contributed by atoms with Gasteiger partial charge in [-0.05, 0) is 38.1 Å². The van der Waals surface area contributed by atoms with Crippen molar-refractivity contribution >= 4 is 11.5 Å². The number of anilines is 1. The van der Waals surface area contributed by atoms with Crippen LogP contribution in [0.3, 0.4) is 0 Å². The van der Waals surface area contributed by atoms with Gasteiger partial charge in [0.25, 0.3) is 0 Å². The van der Waals surface area contributed by atoms with Gasteiger partial charge in [0.1, 0.15) is 5.82 Å². The third kappa shape index (κ3) is 2.28. The molecular weight excluding hydrogens is 240 g/mol. The fraction of sp³-hybridized carbons (Fsp3) is 0.615. The first-order valence-corrected chi connectivity index (χ1v) is 6.90. The van der Waals surface area contributed by atoms with Crippen LogP contribution in [0.5, 0.6) is 0 Å². The molecule has 102 valence electrons. The van der Waals surface area contributed by atoms with Crippen molar-refractivity contribution in [3.05, 3.63) is 18.2 Å². The van der Waals surface area contributed by atoms with E-state index < -0.39 is 0 Å². The van der Waals surface area contributed by atoms with Gasteiger partial charge in [0.2, 0.25) is 5.65 Å². The van der Waals surface area contributed by atoms with Gasteiger partial charge >= 0.3 is 0 Å². The Labute approximate surface area is 112 Å². The van der Waals surface area contributed by atoms with Crippen molar-refractivity contribution in [2.45, 2.75) is 26.2 Å². The number of fused-ring (bicyclic) bond motifs is 1. The van der Waals surface area contributed by atoms with Crippen LogP contribution < -0.4 is 11.1 Å².